The molecule has 0 saturated carbocycles. The Labute approximate surface area is 111 Å². The molecular weight excluding hydrogens is 282 g/mol. The fourth-order valence-corrected chi connectivity index (χ4v) is 2.33. The molecule has 0 aliphatic rings. The third kappa shape index (κ3) is 3.54. The number of carboxylic acids is 1. The van der Waals surface area contributed by atoms with E-state index in [1.807, 2.05) is 50.1 Å². The molecule has 0 bridgehead atoms. The summed E-state index contributed by atoms with van der Waals surface area (Å²) in [7, 11) is 1.86. The summed E-state index contributed by atoms with van der Waals surface area (Å²) in [6.45, 7) is 3.91. The molecule has 0 amide bonds. The van der Waals surface area contributed by atoms with E-state index >= 15 is 0 Å². The number of rotatable bonds is 5. The minimum absolute atomic E-state index is 0.0774. The van der Waals surface area contributed by atoms with Crippen molar-refractivity contribution in [2.75, 3.05) is 7.05 Å². The topological polar surface area (TPSA) is 40.5 Å². The highest BCUT2D eigenvalue weighted by Gasteiger charge is 2.25. The van der Waals surface area contributed by atoms with Crippen LogP contribution < -0.4 is 0 Å². The number of carbonyl (C=O) groups is 1. The maximum Gasteiger partial charge on any atom is 0.320 e. The SMILES string of the molecule is CCC(C(=O)O)N(C)C(C)c1cccc(Br)c1. The van der Waals surface area contributed by atoms with Crippen molar-refractivity contribution in [3.05, 3.63) is 34.3 Å². The second-order valence-corrected chi connectivity index (χ2v) is 5.07. The van der Waals surface area contributed by atoms with Gasteiger partial charge in [0.05, 0.1) is 0 Å². The van der Waals surface area contributed by atoms with Gasteiger partial charge in [0, 0.05) is 10.5 Å². The first-order valence-corrected chi connectivity index (χ1v) is 6.46. The van der Waals surface area contributed by atoms with Crippen LogP contribution in [0.3, 0.4) is 0 Å². The van der Waals surface area contributed by atoms with Gasteiger partial charge < -0.3 is 5.11 Å². The predicted octanol–water partition coefficient (Wildman–Crippen LogP) is 3.31. The van der Waals surface area contributed by atoms with Crippen LogP contribution in [0.5, 0.6) is 0 Å². The average Bonchev–Trinajstić information content (AvgIpc) is 2.28. The molecular formula is C13H18BrNO2. The van der Waals surface area contributed by atoms with E-state index in [-0.39, 0.29) is 6.04 Å². The zero-order valence-corrected chi connectivity index (χ0v) is 11.9. The molecule has 0 spiro atoms. The van der Waals surface area contributed by atoms with Crippen molar-refractivity contribution in [3.63, 3.8) is 0 Å². The van der Waals surface area contributed by atoms with Crippen LogP contribution in [0.2, 0.25) is 0 Å². The van der Waals surface area contributed by atoms with Crippen LogP contribution in [0.4, 0.5) is 0 Å². The lowest BCUT2D eigenvalue weighted by Crippen LogP contribution is -2.39. The minimum Gasteiger partial charge on any atom is -0.480 e. The van der Waals surface area contributed by atoms with E-state index in [4.69, 9.17) is 5.11 Å². The fourth-order valence-electron chi connectivity index (χ4n) is 1.91. The Morgan fingerprint density at radius 2 is 2.18 bits per heavy atom. The van der Waals surface area contributed by atoms with Gasteiger partial charge >= 0.3 is 5.97 Å². The van der Waals surface area contributed by atoms with Crippen LogP contribution >= 0.6 is 15.9 Å². The van der Waals surface area contributed by atoms with Crippen molar-refractivity contribution in [1.82, 2.24) is 4.90 Å². The zero-order chi connectivity index (χ0) is 13.0. The van der Waals surface area contributed by atoms with Gasteiger partial charge in [0.1, 0.15) is 6.04 Å². The van der Waals surface area contributed by atoms with Crippen molar-refractivity contribution in [2.24, 2.45) is 0 Å². The molecule has 94 valence electrons. The first kappa shape index (κ1) is 14.2. The summed E-state index contributed by atoms with van der Waals surface area (Å²) >= 11 is 3.43. The molecule has 0 heterocycles. The molecule has 1 N–H and O–H groups in total. The van der Waals surface area contributed by atoms with E-state index in [9.17, 15) is 4.79 Å². The molecule has 4 heteroatoms. The standard InChI is InChI=1S/C13H18BrNO2/c1-4-12(13(16)17)15(3)9(2)10-6-5-7-11(14)8-10/h5-9,12H,4H2,1-3H3,(H,16,17). The van der Waals surface area contributed by atoms with Crippen LogP contribution in [0.1, 0.15) is 31.9 Å². The van der Waals surface area contributed by atoms with Crippen LogP contribution in [-0.2, 0) is 4.79 Å². The van der Waals surface area contributed by atoms with Crippen LogP contribution in [0.25, 0.3) is 0 Å². The first-order valence-electron chi connectivity index (χ1n) is 5.67. The van der Waals surface area contributed by atoms with Crippen molar-refractivity contribution >= 4 is 21.9 Å². The largest absolute Gasteiger partial charge is 0.480 e. The van der Waals surface area contributed by atoms with E-state index in [2.05, 4.69) is 15.9 Å². The van der Waals surface area contributed by atoms with E-state index in [1.54, 1.807) is 0 Å². The van der Waals surface area contributed by atoms with Gasteiger partial charge in [-0.15, -0.1) is 0 Å². The molecule has 2 atom stereocenters. The lowest BCUT2D eigenvalue weighted by molar-refractivity contribution is -0.143. The lowest BCUT2D eigenvalue weighted by atomic mass is 10.0. The third-order valence-electron chi connectivity index (χ3n) is 3.11. The maximum atomic E-state index is 11.1. The van der Waals surface area contributed by atoms with Crippen molar-refractivity contribution in [1.29, 1.82) is 0 Å². The molecule has 2 unspecified atom stereocenters. The van der Waals surface area contributed by atoms with Gasteiger partial charge in [0.2, 0.25) is 0 Å². The molecule has 0 fully saturated rings. The van der Waals surface area contributed by atoms with Gasteiger partial charge in [-0.05, 0) is 38.1 Å². The van der Waals surface area contributed by atoms with E-state index < -0.39 is 12.0 Å². The van der Waals surface area contributed by atoms with Crippen LogP contribution in [0.15, 0.2) is 28.7 Å². The molecule has 0 aromatic heterocycles. The summed E-state index contributed by atoms with van der Waals surface area (Å²) in [4.78, 5) is 13.0. The molecule has 0 aliphatic heterocycles. The zero-order valence-electron chi connectivity index (χ0n) is 10.4. The Kier molecular flexibility index (Phi) is 5.15. The summed E-state index contributed by atoms with van der Waals surface area (Å²) in [6, 6.07) is 7.60. The number of likely N-dealkylation sites (N-methyl/N-ethyl adjacent to an activating group) is 1. The van der Waals surface area contributed by atoms with Gasteiger partial charge in [-0.1, -0.05) is 35.0 Å². The second-order valence-electron chi connectivity index (χ2n) is 4.16. The maximum absolute atomic E-state index is 11.1. The summed E-state index contributed by atoms with van der Waals surface area (Å²) in [6.07, 6.45) is 0.601. The van der Waals surface area contributed by atoms with E-state index in [1.165, 1.54) is 0 Å². The highest BCUT2D eigenvalue weighted by atomic mass is 79.9. The number of hydrogen-bond donors (Lipinski definition) is 1. The number of benzene rings is 1. The molecule has 1 aromatic carbocycles. The van der Waals surface area contributed by atoms with Crippen molar-refractivity contribution < 1.29 is 9.90 Å². The number of carboxylic acid groups (broad SMARTS) is 1. The van der Waals surface area contributed by atoms with Crippen molar-refractivity contribution in [3.8, 4) is 0 Å². The molecule has 0 radical (unpaired) electrons. The normalized spacial score (nSPS) is 14.6. The monoisotopic (exact) mass is 299 g/mol. The van der Waals surface area contributed by atoms with E-state index in [0.29, 0.717) is 6.42 Å². The first-order chi connectivity index (χ1) is 7.97. The molecule has 1 rings (SSSR count). The smallest absolute Gasteiger partial charge is 0.320 e. The lowest BCUT2D eigenvalue weighted by Gasteiger charge is -2.30. The number of nitrogens with zero attached hydrogens (tertiary/aromatic N) is 1. The summed E-state index contributed by atoms with van der Waals surface area (Å²) in [5.41, 5.74) is 1.11. The van der Waals surface area contributed by atoms with Gasteiger partial charge in [-0.2, -0.15) is 0 Å². The summed E-state index contributed by atoms with van der Waals surface area (Å²) in [5, 5.41) is 9.14. The Morgan fingerprint density at radius 1 is 1.53 bits per heavy atom. The van der Waals surface area contributed by atoms with Crippen LogP contribution in [0, 0.1) is 0 Å². The van der Waals surface area contributed by atoms with Crippen LogP contribution in [-0.4, -0.2) is 29.1 Å². The average molecular weight is 300 g/mol. The highest BCUT2D eigenvalue weighted by molar-refractivity contribution is 9.10. The predicted molar refractivity (Wildman–Crippen MR) is 72.0 cm³/mol. The van der Waals surface area contributed by atoms with E-state index in [0.717, 1.165) is 10.0 Å². The van der Waals surface area contributed by atoms with Gasteiger partial charge in [-0.25, -0.2) is 0 Å². The summed E-state index contributed by atoms with van der Waals surface area (Å²) in [5.74, 6) is -0.767. The third-order valence-corrected chi connectivity index (χ3v) is 3.60. The van der Waals surface area contributed by atoms with Gasteiger partial charge in [0.15, 0.2) is 0 Å². The Balaban J connectivity index is 2.88. The molecule has 17 heavy (non-hydrogen) atoms. The number of hydrogen-bond acceptors (Lipinski definition) is 2. The van der Waals surface area contributed by atoms with Crippen molar-refractivity contribution in [2.45, 2.75) is 32.4 Å². The minimum atomic E-state index is -0.767. The second kappa shape index (κ2) is 6.17. The molecule has 0 aliphatic carbocycles. The fraction of sp³-hybridized carbons (Fsp3) is 0.462. The molecule has 0 saturated heterocycles. The molecule has 3 nitrogen and oxygen atoms in total. The Morgan fingerprint density at radius 3 is 2.65 bits per heavy atom. The summed E-state index contributed by atoms with van der Waals surface area (Å²) < 4.78 is 1.01. The number of aliphatic carboxylic acids is 1. The van der Waals surface area contributed by atoms with Gasteiger partial charge in [-0.3, -0.25) is 9.69 Å². The van der Waals surface area contributed by atoms with Gasteiger partial charge in [0.25, 0.3) is 0 Å². The molecule has 1 aromatic rings. The highest BCUT2D eigenvalue weighted by Crippen LogP contribution is 2.24. The quantitative estimate of drug-likeness (QED) is 0.907. The Bertz CT molecular complexity index is 395. The Hall–Kier alpha value is -0.870. The number of halogens is 1.